The number of carbonyl (C=O) groups is 1. The van der Waals surface area contributed by atoms with Crippen LogP contribution in [0.3, 0.4) is 0 Å². The molecule has 126 valence electrons. The Kier molecular flexibility index (Phi) is 5.93. The fraction of sp³-hybridized carbons (Fsp3) is 0.588. The van der Waals surface area contributed by atoms with Crippen LogP contribution >= 0.6 is 11.3 Å². The van der Waals surface area contributed by atoms with Crippen molar-refractivity contribution in [2.45, 2.75) is 64.8 Å². The van der Waals surface area contributed by atoms with Gasteiger partial charge in [-0.1, -0.05) is 32.0 Å². The van der Waals surface area contributed by atoms with Gasteiger partial charge in [0.05, 0.1) is 0 Å². The molecule has 0 saturated carbocycles. The summed E-state index contributed by atoms with van der Waals surface area (Å²) in [6.45, 7) is 8.17. The highest BCUT2D eigenvalue weighted by Crippen LogP contribution is 2.19. The van der Waals surface area contributed by atoms with Gasteiger partial charge in [-0.15, -0.1) is 11.3 Å². The van der Waals surface area contributed by atoms with Gasteiger partial charge in [-0.25, -0.2) is 0 Å². The molecule has 0 aliphatic carbocycles. The summed E-state index contributed by atoms with van der Waals surface area (Å²) >= 11 is 1.72. The van der Waals surface area contributed by atoms with Crippen LogP contribution in [0.4, 0.5) is 0 Å². The maximum absolute atomic E-state index is 12.0. The molecule has 0 aliphatic rings. The summed E-state index contributed by atoms with van der Waals surface area (Å²) in [6.07, 6.45) is 2.70. The van der Waals surface area contributed by atoms with E-state index in [1.54, 1.807) is 11.3 Å². The fourth-order valence-electron chi connectivity index (χ4n) is 2.19. The molecule has 1 atom stereocenters. The minimum atomic E-state index is -0.115. The number of hydrogen-bond donors (Lipinski definition) is 1. The Morgan fingerprint density at radius 1 is 1.43 bits per heavy atom. The van der Waals surface area contributed by atoms with E-state index < -0.39 is 0 Å². The number of nitrogens with one attached hydrogen (secondary N) is 1. The van der Waals surface area contributed by atoms with Crippen molar-refractivity contribution in [1.82, 2.24) is 15.5 Å². The Morgan fingerprint density at radius 3 is 2.83 bits per heavy atom. The molecule has 2 rings (SSSR count). The van der Waals surface area contributed by atoms with Crippen molar-refractivity contribution in [3.63, 3.8) is 0 Å². The average Bonchev–Trinajstić information content (AvgIpc) is 3.09. The number of amides is 1. The van der Waals surface area contributed by atoms with Crippen LogP contribution in [-0.2, 0) is 23.1 Å². The van der Waals surface area contributed by atoms with Crippen molar-refractivity contribution in [2.24, 2.45) is 0 Å². The molecule has 0 aromatic carbocycles. The van der Waals surface area contributed by atoms with Gasteiger partial charge in [0.1, 0.15) is 0 Å². The van der Waals surface area contributed by atoms with Crippen LogP contribution in [0.15, 0.2) is 22.0 Å². The van der Waals surface area contributed by atoms with Crippen molar-refractivity contribution < 1.29 is 9.32 Å². The molecule has 0 spiro atoms. The zero-order valence-corrected chi connectivity index (χ0v) is 15.1. The smallest absolute Gasteiger partial charge is 0.226 e. The van der Waals surface area contributed by atoms with Crippen molar-refractivity contribution >= 4 is 17.2 Å². The number of aromatic nitrogens is 2. The SMILES string of the molecule is C[C@H](Cc1cccs1)NC(=O)CCCc1nc(C(C)(C)C)no1. The summed E-state index contributed by atoms with van der Waals surface area (Å²) in [7, 11) is 0. The molecule has 0 bridgehead atoms. The predicted molar refractivity (Wildman–Crippen MR) is 91.6 cm³/mol. The number of nitrogens with zero attached hydrogens (tertiary/aromatic N) is 2. The Balaban J connectivity index is 1.69. The Morgan fingerprint density at radius 2 is 2.22 bits per heavy atom. The summed E-state index contributed by atoms with van der Waals surface area (Å²) < 4.78 is 5.23. The second-order valence-corrected chi connectivity index (χ2v) is 7.90. The van der Waals surface area contributed by atoms with E-state index in [2.05, 4.69) is 26.9 Å². The van der Waals surface area contributed by atoms with Crippen LogP contribution < -0.4 is 5.32 Å². The molecule has 23 heavy (non-hydrogen) atoms. The number of thiophene rings is 1. The lowest BCUT2D eigenvalue weighted by Gasteiger charge is -2.12. The molecule has 1 amide bonds. The van der Waals surface area contributed by atoms with Crippen molar-refractivity contribution in [1.29, 1.82) is 0 Å². The summed E-state index contributed by atoms with van der Waals surface area (Å²) in [5, 5.41) is 9.08. The van der Waals surface area contributed by atoms with Crippen molar-refractivity contribution in [2.75, 3.05) is 0 Å². The lowest BCUT2D eigenvalue weighted by atomic mass is 9.96. The molecule has 0 radical (unpaired) electrons. The summed E-state index contributed by atoms with van der Waals surface area (Å²) in [4.78, 5) is 17.6. The van der Waals surface area contributed by atoms with Gasteiger partial charge in [0.25, 0.3) is 0 Å². The van der Waals surface area contributed by atoms with Gasteiger partial charge in [0.15, 0.2) is 5.82 Å². The van der Waals surface area contributed by atoms with E-state index >= 15 is 0 Å². The average molecular weight is 335 g/mol. The van der Waals surface area contributed by atoms with Crippen LogP contribution in [-0.4, -0.2) is 22.1 Å². The number of hydrogen-bond acceptors (Lipinski definition) is 5. The second kappa shape index (κ2) is 7.73. The zero-order valence-electron chi connectivity index (χ0n) is 14.3. The largest absolute Gasteiger partial charge is 0.353 e. The Labute approximate surface area is 141 Å². The van der Waals surface area contributed by atoms with E-state index in [-0.39, 0.29) is 17.4 Å². The molecule has 1 N–H and O–H groups in total. The Bertz CT molecular complexity index is 614. The minimum Gasteiger partial charge on any atom is -0.353 e. The van der Waals surface area contributed by atoms with Crippen molar-refractivity contribution in [3.05, 3.63) is 34.1 Å². The number of rotatable bonds is 7. The summed E-state index contributed by atoms with van der Waals surface area (Å²) in [6, 6.07) is 4.28. The molecule has 0 fully saturated rings. The molecule has 0 saturated heterocycles. The minimum absolute atomic E-state index is 0.0737. The molecule has 2 aromatic heterocycles. The lowest BCUT2D eigenvalue weighted by Crippen LogP contribution is -2.33. The number of carbonyl (C=O) groups excluding carboxylic acids is 1. The van der Waals surface area contributed by atoms with Gasteiger partial charge in [0.2, 0.25) is 11.8 Å². The first-order valence-electron chi connectivity index (χ1n) is 7.99. The molecule has 6 heteroatoms. The lowest BCUT2D eigenvalue weighted by molar-refractivity contribution is -0.121. The maximum atomic E-state index is 12.0. The third-order valence-corrected chi connectivity index (χ3v) is 4.33. The third kappa shape index (κ3) is 5.78. The maximum Gasteiger partial charge on any atom is 0.226 e. The van der Waals surface area contributed by atoms with E-state index in [0.717, 1.165) is 6.42 Å². The number of aryl methyl sites for hydroxylation is 1. The van der Waals surface area contributed by atoms with Gasteiger partial charge in [-0.05, 0) is 24.8 Å². The van der Waals surface area contributed by atoms with Crippen LogP contribution in [0, 0.1) is 0 Å². The van der Waals surface area contributed by atoms with Gasteiger partial charge in [-0.3, -0.25) is 4.79 Å². The molecule has 0 unspecified atom stereocenters. The first kappa shape index (κ1) is 17.7. The summed E-state index contributed by atoms with van der Waals surface area (Å²) in [5.41, 5.74) is -0.115. The first-order chi connectivity index (χ1) is 10.8. The van der Waals surface area contributed by atoms with E-state index in [4.69, 9.17) is 4.52 Å². The van der Waals surface area contributed by atoms with Gasteiger partial charge in [-0.2, -0.15) is 4.98 Å². The zero-order chi connectivity index (χ0) is 16.9. The van der Waals surface area contributed by atoms with Gasteiger partial charge >= 0.3 is 0 Å². The standard InChI is InChI=1S/C17H25N3O2S/c1-12(11-13-7-6-10-23-13)18-14(21)8-5-9-15-19-16(20-22-15)17(2,3)4/h6-7,10,12H,5,8-9,11H2,1-4H3,(H,18,21)/t12-/m1/s1. The normalized spacial score (nSPS) is 13.0. The fourth-order valence-corrected chi connectivity index (χ4v) is 3.03. The molecule has 0 aliphatic heterocycles. The first-order valence-corrected chi connectivity index (χ1v) is 8.87. The quantitative estimate of drug-likeness (QED) is 0.841. The monoisotopic (exact) mass is 335 g/mol. The molecular weight excluding hydrogens is 310 g/mol. The van der Waals surface area contributed by atoms with E-state index in [9.17, 15) is 4.79 Å². The highest BCUT2D eigenvalue weighted by molar-refractivity contribution is 7.09. The van der Waals surface area contributed by atoms with E-state index in [1.807, 2.05) is 33.8 Å². The highest BCUT2D eigenvalue weighted by Gasteiger charge is 2.20. The Hall–Kier alpha value is -1.69. The highest BCUT2D eigenvalue weighted by atomic mass is 32.1. The van der Waals surface area contributed by atoms with Crippen LogP contribution in [0.25, 0.3) is 0 Å². The molecule has 5 nitrogen and oxygen atoms in total. The third-order valence-electron chi connectivity index (χ3n) is 3.43. The second-order valence-electron chi connectivity index (χ2n) is 6.87. The van der Waals surface area contributed by atoms with Crippen molar-refractivity contribution in [3.8, 4) is 0 Å². The summed E-state index contributed by atoms with van der Waals surface area (Å²) in [5.74, 6) is 1.39. The topological polar surface area (TPSA) is 68.0 Å². The van der Waals surface area contributed by atoms with E-state index in [1.165, 1.54) is 4.88 Å². The van der Waals surface area contributed by atoms with Gasteiger partial charge < -0.3 is 9.84 Å². The van der Waals surface area contributed by atoms with Crippen LogP contribution in [0.2, 0.25) is 0 Å². The molecular formula is C17H25N3O2S. The molecule has 2 heterocycles. The van der Waals surface area contributed by atoms with Gasteiger partial charge in [0, 0.05) is 35.6 Å². The predicted octanol–water partition coefficient (Wildman–Crippen LogP) is 3.50. The van der Waals surface area contributed by atoms with Crippen LogP contribution in [0.1, 0.15) is 57.1 Å². The molecule has 2 aromatic rings. The van der Waals surface area contributed by atoms with E-state index in [0.29, 0.717) is 31.0 Å². The van der Waals surface area contributed by atoms with Crippen LogP contribution in [0.5, 0.6) is 0 Å².